The number of likely N-dealkylation sites (N-methyl/N-ethyl adjacent to an activating group) is 1. The van der Waals surface area contributed by atoms with Crippen molar-refractivity contribution in [2.24, 2.45) is 7.05 Å². The van der Waals surface area contributed by atoms with Crippen LogP contribution in [0.4, 0.5) is 11.8 Å². The van der Waals surface area contributed by atoms with Crippen LogP contribution >= 0.6 is 23.4 Å². The highest BCUT2D eigenvalue weighted by atomic mass is 35.5. The Morgan fingerprint density at radius 2 is 1.86 bits per heavy atom. The molecule has 3 aromatic heterocycles. The number of fused-ring (bicyclic) bond motifs is 3. The summed E-state index contributed by atoms with van der Waals surface area (Å²) in [6, 6.07) is 2.81. The van der Waals surface area contributed by atoms with Gasteiger partial charge in [0.15, 0.2) is 0 Å². The number of piperazine rings is 2. The van der Waals surface area contributed by atoms with Crippen LogP contribution in [0.2, 0.25) is 5.02 Å². The van der Waals surface area contributed by atoms with Crippen LogP contribution in [0.5, 0.6) is 0 Å². The first-order valence-corrected chi connectivity index (χ1v) is 16.6. The molecule has 4 aliphatic rings. The highest BCUT2D eigenvalue weighted by Gasteiger charge is 2.37. The minimum Gasteiger partial charge on any atom is -0.368 e. The van der Waals surface area contributed by atoms with E-state index >= 15 is 0 Å². The van der Waals surface area contributed by atoms with Crippen LogP contribution in [0.3, 0.4) is 0 Å². The number of hydrogen-bond donors (Lipinski definition) is 2. The Morgan fingerprint density at radius 3 is 2.60 bits per heavy atom. The van der Waals surface area contributed by atoms with Crippen LogP contribution in [-0.4, -0.2) is 109 Å². The predicted octanol–water partition coefficient (Wildman–Crippen LogP) is 2.20. The van der Waals surface area contributed by atoms with Crippen molar-refractivity contribution < 1.29 is 0 Å². The van der Waals surface area contributed by atoms with E-state index in [1.807, 2.05) is 17.7 Å². The first-order chi connectivity index (χ1) is 20.9. The van der Waals surface area contributed by atoms with Crippen LogP contribution in [-0.2, 0) is 7.05 Å². The van der Waals surface area contributed by atoms with Gasteiger partial charge < -0.3 is 20.9 Å². The maximum Gasteiger partial charge on any atom is 0.350 e. The summed E-state index contributed by atoms with van der Waals surface area (Å²) in [6.45, 7) is 9.86. The summed E-state index contributed by atoms with van der Waals surface area (Å²) in [5.41, 5.74) is 9.56. The Kier molecular flexibility index (Phi) is 6.79. The standard InChI is InChI=1S/C29H36ClN11OS/c1-3-38-6-8-39(9-7-38)14-18-15-43-26-22(24-23-21(37(2)36-24)11-32-28(31)34-23)20(30)10-19-25(26)41(18)29(42)35-27(19)40-12-16-4-5-17(13-40)33-16/h10-11,16-18,33H,3-9,12-15H2,1-2H3,(H2,31,32,34)/t16?,17?,18-/m0/s1. The Bertz CT molecular complexity index is 1790. The van der Waals surface area contributed by atoms with Crippen LogP contribution in [0, 0.1) is 0 Å². The van der Waals surface area contributed by atoms with E-state index in [4.69, 9.17) is 27.4 Å². The number of nitrogens with one attached hydrogen (secondary N) is 1. The van der Waals surface area contributed by atoms with E-state index in [1.54, 1.807) is 22.6 Å². The zero-order valence-corrected chi connectivity index (χ0v) is 26.0. The van der Waals surface area contributed by atoms with E-state index in [1.165, 1.54) is 0 Å². The van der Waals surface area contributed by atoms with Crippen LogP contribution in [0.25, 0.3) is 33.2 Å². The lowest BCUT2D eigenvalue weighted by molar-refractivity contribution is 0.126. The molecule has 12 nitrogen and oxygen atoms in total. The summed E-state index contributed by atoms with van der Waals surface area (Å²) < 4.78 is 3.70. The minimum atomic E-state index is -0.196. The maximum absolute atomic E-state index is 14.1. The number of benzene rings is 1. The summed E-state index contributed by atoms with van der Waals surface area (Å²) in [4.78, 5) is 35.9. The first kappa shape index (κ1) is 27.6. The third-order valence-electron chi connectivity index (χ3n) is 9.63. The first-order valence-electron chi connectivity index (χ1n) is 15.2. The normalized spacial score (nSPS) is 24.4. The molecule has 0 spiro atoms. The second-order valence-electron chi connectivity index (χ2n) is 12.2. The van der Waals surface area contributed by atoms with Crippen molar-refractivity contribution in [2.75, 3.05) is 68.7 Å². The second kappa shape index (κ2) is 10.6. The zero-order chi connectivity index (χ0) is 29.4. The summed E-state index contributed by atoms with van der Waals surface area (Å²) in [7, 11) is 1.87. The van der Waals surface area contributed by atoms with Gasteiger partial charge in [0.25, 0.3) is 0 Å². The molecule has 0 radical (unpaired) electrons. The number of aromatic nitrogens is 6. The van der Waals surface area contributed by atoms with Crippen LogP contribution in [0.1, 0.15) is 25.8 Å². The molecule has 7 heterocycles. The van der Waals surface area contributed by atoms with Crippen molar-refractivity contribution in [1.29, 1.82) is 0 Å². The number of nitrogen functional groups attached to an aromatic ring is 1. The van der Waals surface area contributed by atoms with Gasteiger partial charge in [0.1, 0.15) is 22.5 Å². The SMILES string of the molecule is CCN1CCN(C[C@H]2CSc3c(-c4nn(C)c5cnc(N)nc45)c(Cl)cc4c(N5CC6CCC(C5)N6)nc(=O)n2c34)CC1. The van der Waals surface area contributed by atoms with Gasteiger partial charge in [0.05, 0.1) is 22.8 Å². The molecular formula is C29H36ClN11OS. The average molecular weight is 622 g/mol. The molecule has 43 heavy (non-hydrogen) atoms. The summed E-state index contributed by atoms with van der Waals surface area (Å²) in [6.07, 6.45) is 3.98. The molecule has 4 aliphatic heterocycles. The fourth-order valence-electron chi connectivity index (χ4n) is 7.43. The maximum atomic E-state index is 14.1. The van der Waals surface area contributed by atoms with E-state index in [2.05, 4.69) is 36.9 Å². The van der Waals surface area contributed by atoms with E-state index in [-0.39, 0.29) is 17.7 Å². The molecule has 2 bridgehead atoms. The molecule has 2 unspecified atom stereocenters. The van der Waals surface area contributed by atoms with Gasteiger partial charge in [-0.2, -0.15) is 10.1 Å². The van der Waals surface area contributed by atoms with Crippen LogP contribution in [0.15, 0.2) is 22.0 Å². The number of hydrogen-bond acceptors (Lipinski definition) is 11. The Hall–Kier alpha value is -2.97. The molecular weight excluding hydrogens is 586 g/mol. The number of nitrogens with two attached hydrogens (primary N) is 1. The summed E-state index contributed by atoms with van der Waals surface area (Å²) in [5.74, 6) is 1.66. The largest absolute Gasteiger partial charge is 0.368 e. The molecule has 3 atom stereocenters. The van der Waals surface area contributed by atoms with Crippen molar-refractivity contribution in [1.82, 2.24) is 44.4 Å². The zero-order valence-electron chi connectivity index (χ0n) is 24.5. The number of halogens is 1. The Morgan fingerprint density at radius 1 is 1.12 bits per heavy atom. The fraction of sp³-hybridized carbons (Fsp3) is 0.552. The quantitative estimate of drug-likeness (QED) is 0.341. The van der Waals surface area contributed by atoms with E-state index in [0.29, 0.717) is 28.3 Å². The molecule has 1 aromatic carbocycles. The van der Waals surface area contributed by atoms with Gasteiger partial charge in [-0.3, -0.25) is 14.1 Å². The molecule has 3 N–H and O–H groups in total. The van der Waals surface area contributed by atoms with Crippen molar-refractivity contribution in [3.8, 4) is 11.3 Å². The van der Waals surface area contributed by atoms with Gasteiger partial charge in [0.2, 0.25) is 5.95 Å². The molecule has 14 heteroatoms. The Labute approximate surface area is 258 Å². The second-order valence-corrected chi connectivity index (χ2v) is 13.7. The van der Waals surface area contributed by atoms with Gasteiger partial charge in [-0.1, -0.05) is 18.5 Å². The molecule has 4 aromatic rings. The monoisotopic (exact) mass is 621 g/mol. The summed E-state index contributed by atoms with van der Waals surface area (Å²) >= 11 is 8.95. The van der Waals surface area contributed by atoms with Crippen molar-refractivity contribution in [3.05, 3.63) is 27.8 Å². The lowest BCUT2D eigenvalue weighted by Crippen LogP contribution is -2.52. The van der Waals surface area contributed by atoms with Gasteiger partial charge in [-0.05, 0) is 25.5 Å². The van der Waals surface area contributed by atoms with Crippen molar-refractivity contribution in [3.63, 3.8) is 0 Å². The van der Waals surface area contributed by atoms with Gasteiger partial charge in [-0.25, -0.2) is 14.8 Å². The predicted molar refractivity (Wildman–Crippen MR) is 171 cm³/mol. The minimum absolute atomic E-state index is 0.00565. The molecule has 8 rings (SSSR count). The van der Waals surface area contributed by atoms with Crippen molar-refractivity contribution >= 4 is 57.1 Å². The van der Waals surface area contributed by atoms with Gasteiger partial charge in [-0.15, -0.1) is 11.8 Å². The highest BCUT2D eigenvalue weighted by molar-refractivity contribution is 7.99. The molecule has 0 saturated carbocycles. The molecule has 0 amide bonds. The van der Waals surface area contributed by atoms with Gasteiger partial charge in [0, 0.05) is 86.5 Å². The fourth-order valence-corrected chi connectivity index (χ4v) is 9.09. The van der Waals surface area contributed by atoms with E-state index in [0.717, 1.165) is 104 Å². The molecule has 0 aliphatic carbocycles. The van der Waals surface area contributed by atoms with Crippen LogP contribution < -0.4 is 21.6 Å². The average Bonchev–Trinajstić information content (AvgIpc) is 3.51. The molecule has 3 saturated heterocycles. The number of rotatable bonds is 5. The lowest BCUT2D eigenvalue weighted by Gasteiger charge is -2.38. The highest BCUT2D eigenvalue weighted by Crippen LogP contribution is 2.48. The van der Waals surface area contributed by atoms with Gasteiger partial charge >= 0.3 is 5.69 Å². The number of nitrogens with zero attached hydrogens (tertiary/aromatic N) is 9. The number of thioether (sulfide) groups is 1. The topological polar surface area (TPSA) is 126 Å². The molecule has 3 fully saturated rings. The van der Waals surface area contributed by atoms with Crippen molar-refractivity contribution in [2.45, 2.75) is 42.8 Å². The third kappa shape index (κ3) is 4.59. The number of anilines is 2. The lowest BCUT2D eigenvalue weighted by atomic mass is 10.1. The molecule has 226 valence electrons. The van der Waals surface area contributed by atoms with E-state index in [9.17, 15) is 4.79 Å². The number of aryl methyl sites for hydroxylation is 1. The summed E-state index contributed by atoms with van der Waals surface area (Å²) in [5, 5.41) is 10.0. The smallest absolute Gasteiger partial charge is 0.350 e. The van der Waals surface area contributed by atoms with E-state index < -0.39 is 0 Å². The third-order valence-corrected chi connectivity index (χ3v) is 11.2. The Balaban J connectivity index is 1.31.